The maximum absolute atomic E-state index is 12.4. The molecule has 5 nitrogen and oxygen atoms in total. The quantitative estimate of drug-likeness (QED) is 0.0373. The predicted molar refractivity (Wildman–Crippen MR) is 399 cm³/mol. The molecule has 0 aromatic rings. The molecule has 0 saturated carbocycles. The molecule has 5 heteroatoms. The van der Waals surface area contributed by atoms with Crippen molar-refractivity contribution in [3.63, 3.8) is 0 Å². The highest BCUT2D eigenvalue weighted by atomic mass is 16.6. The van der Waals surface area contributed by atoms with Crippen molar-refractivity contribution in [2.75, 3.05) is 13.2 Å². The van der Waals surface area contributed by atoms with Crippen molar-refractivity contribution in [2.45, 2.75) is 444 Å². The van der Waals surface area contributed by atoms with E-state index in [1.807, 2.05) is 0 Å². The van der Waals surface area contributed by atoms with Crippen molar-refractivity contribution in [3.05, 3.63) is 72.9 Å². The van der Waals surface area contributed by atoms with Gasteiger partial charge in [-0.15, -0.1) is 0 Å². The Labute approximate surface area is 563 Å². The summed E-state index contributed by atoms with van der Waals surface area (Å²) in [5.41, 5.74) is 0. The Hall–Kier alpha value is -2.66. The molecule has 90 heavy (non-hydrogen) atoms. The van der Waals surface area contributed by atoms with Crippen LogP contribution in [0.4, 0.5) is 0 Å². The van der Waals surface area contributed by atoms with Gasteiger partial charge in [-0.05, 0) is 83.5 Å². The summed E-state index contributed by atoms with van der Waals surface area (Å²) in [6.45, 7) is 4.08. The number of ether oxygens (including phenoxy) is 2. The molecule has 0 aromatic carbocycles. The summed E-state index contributed by atoms with van der Waals surface area (Å²) >= 11 is 0. The molecule has 0 aliphatic heterocycles. The SMILES string of the molecule is CC/C=C\C/C=C\C/C=C\C/C=C\CCCCCCCCCCCCCCCCCCCCCCCCCCCCC(=O)OC(CO)COC(=O)CCCCCCCCCCCCCCCCCCCCCCCCCCC/C=C\C/C=C\CCCCCCC. The van der Waals surface area contributed by atoms with Gasteiger partial charge in [0.1, 0.15) is 6.61 Å². The van der Waals surface area contributed by atoms with Crippen molar-refractivity contribution >= 4 is 11.9 Å². The Morgan fingerprint density at radius 3 is 0.722 bits per heavy atom. The molecule has 0 aromatic heterocycles. The van der Waals surface area contributed by atoms with E-state index in [1.165, 1.54) is 347 Å². The van der Waals surface area contributed by atoms with E-state index in [0.29, 0.717) is 12.8 Å². The fourth-order valence-electron chi connectivity index (χ4n) is 12.5. The predicted octanol–water partition coefficient (Wildman–Crippen LogP) is 28.6. The Kier molecular flexibility index (Phi) is 78.2. The second-order valence-electron chi connectivity index (χ2n) is 27.5. The van der Waals surface area contributed by atoms with Crippen LogP contribution in [0, 0.1) is 0 Å². The summed E-state index contributed by atoms with van der Waals surface area (Å²) in [5.74, 6) is -0.564. The average Bonchev–Trinajstić information content (AvgIpc) is 3.59. The second kappa shape index (κ2) is 80.6. The van der Waals surface area contributed by atoms with Crippen molar-refractivity contribution in [2.24, 2.45) is 0 Å². The van der Waals surface area contributed by atoms with Crippen molar-refractivity contribution in [1.82, 2.24) is 0 Å². The summed E-state index contributed by atoms with van der Waals surface area (Å²) in [6.07, 6.45) is 113. The number of hydrogen-bond donors (Lipinski definition) is 1. The lowest BCUT2D eigenvalue weighted by Crippen LogP contribution is -2.28. The fourth-order valence-corrected chi connectivity index (χ4v) is 12.5. The molecule has 1 N–H and O–H groups in total. The van der Waals surface area contributed by atoms with Crippen LogP contribution in [0.3, 0.4) is 0 Å². The van der Waals surface area contributed by atoms with E-state index in [1.54, 1.807) is 0 Å². The Morgan fingerprint density at radius 2 is 0.478 bits per heavy atom. The van der Waals surface area contributed by atoms with Crippen LogP contribution in [0.1, 0.15) is 438 Å². The lowest BCUT2D eigenvalue weighted by Gasteiger charge is -2.15. The monoisotopic (exact) mass is 1260 g/mol. The van der Waals surface area contributed by atoms with Crippen LogP contribution in [0.5, 0.6) is 0 Å². The van der Waals surface area contributed by atoms with Crippen LogP contribution >= 0.6 is 0 Å². The van der Waals surface area contributed by atoms with Gasteiger partial charge in [-0.2, -0.15) is 0 Å². The summed E-state index contributed by atoms with van der Waals surface area (Å²) in [5, 5.41) is 9.73. The maximum Gasteiger partial charge on any atom is 0.306 e. The summed E-state index contributed by atoms with van der Waals surface area (Å²) in [4.78, 5) is 24.7. The van der Waals surface area contributed by atoms with Crippen LogP contribution in [0.25, 0.3) is 0 Å². The highest BCUT2D eigenvalue weighted by molar-refractivity contribution is 5.70. The zero-order valence-electron chi connectivity index (χ0n) is 60.7. The van der Waals surface area contributed by atoms with Gasteiger partial charge in [-0.3, -0.25) is 9.59 Å². The van der Waals surface area contributed by atoms with Gasteiger partial charge in [-0.1, -0.05) is 414 Å². The number of esters is 2. The number of aliphatic hydroxyl groups is 1. The molecule has 0 amide bonds. The third-order valence-electron chi connectivity index (χ3n) is 18.5. The normalized spacial score (nSPS) is 12.5. The molecular weight excluding hydrogens is 1100 g/mol. The minimum absolute atomic E-state index is 0.0597. The Balaban J connectivity index is 3.36. The summed E-state index contributed by atoms with van der Waals surface area (Å²) in [7, 11) is 0. The van der Waals surface area contributed by atoms with Gasteiger partial charge >= 0.3 is 11.9 Å². The number of carbonyl (C=O) groups excluding carboxylic acids is 2. The van der Waals surface area contributed by atoms with Crippen molar-refractivity contribution in [1.29, 1.82) is 0 Å². The number of aliphatic hydroxyl groups excluding tert-OH is 1. The molecular formula is C85H156O5. The number of hydrogen-bond acceptors (Lipinski definition) is 5. The molecule has 1 atom stereocenters. The highest BCUT2D eigenvalue weighted by Crippen LogP contribution is 2.20. The van der Waals surface area contributed by atoms with Gasteiger partial charge in [0.15, 0.2) is 6.10 Å². The summed E-state index contributed by atoms with van der Waals surface area (Å²) < 4.78 is 10.8. The third-order valence-corrected chi connectivity index (χ3v) is 18.5. The van der Waals surface area contributed by atoms with E-state index >= 15 is 0 Å². The summed E-state index contributed by atoms with van der Waals surface area (Å²) in [6, 6.07) is 0. The number of carbonyl (C=O) groups is 2. The van der Waals surface area contributed by atoms with E-state index in [-0.39, 0.29) is 25.2 Å². The van der Waals surface area contributed by atoms with E-state index in [4.69, 9.17) is 9.47 Å². The van der Waals surface area contributed by atoms with E-state index < -0.39 is 6.10 Å². The van der Waals surface area contributed by atoms with Gasteiger partial charge in [0.25, 0.3) is 0 Å². The lowest BCUT2D eigenvalue weighted by atomic mass is 10.0. The highest BCUT2D eigenvalue weighted by Gasteiger charge is 2.16. The van der Waals surface area contributed by atoms with Gasteiger partial charge in [-0.25, -0.2) is 0 Å². The Bertz CT molecular complexity index is 1570. The van der Waals surface area contributed by atoms with Gasteiger partial charge in [0.05, 0.1) is 6.61 Å². The smallest absolute Gasteiger partial charge is 0.306 e. The molecule has 526 valence electrons. The molecule has 0 fully saturated rings. The first-order chi connectivity index (χ1) is 44.6. The molecule has 0 aliphatic rings. The van der Waals surface area contributed by atoms with E-state index in [2.05, 4.69) is 86.8 Å². The molecule has 0 bridgehead atoms. The lowest BCUT2D eigenvalue weighted by molar-refractivity contribution is -0.161. The van der Waals surface area contributed by atoms with E-state index in [0.717, 1.165) is 64.2 Å². The number of allylic oxidation sites excluding steroid dienone is 12. The molecule has 1 unspecified atom stereocenters. The van der Waals surface area contributed by atoms with Gasteiger partial charge in [0.2, 0.25) is 0 Å². The first-order valence-corrected chi connectivity index (χ1v) is 40.5. The minimum atomic E-state index is -0.772. The molecule has 0 heterocycles. The molecule has 0 aliphatic carbocycles. The minimum Gasteiger partial charge on any atom is -0.462 e. The van der Waals surface area contributed by atoms with Gasteiger partial charge in [0, 0.05) is 12.8 Å². The van der Waals surface area contributed by atoms with Crippen LogP contribution in [-0.2, 0) is 19.1 Å². The van der Waals surface area contributed by atoms with Gasteiger partial charge < -0.3 is 14.6 Å². The molecule has 0 spiro atoms. The number of rotatable bonds is 76. The number of unbranched alkanes of at least 4 members (excludes halogenated alkanes) is 56. The fraction of sp³-hybridized carbons (Fsp3) is 0.835. The first-order valence-electron chi connectivity index (χ1n) is 40.5. The largest absolute Gasteiger partial charge is 0.462 e. The average molecular weight is 1260 g/mol. The van der Waals surface area contributed by atoms with Crippen LogP contribution in [0.15, 0.2) is 72.9 Å². The van der Waals surface area contributed by atoms with E-state index in [9.17, 15) is 14.7 Å². The second-order valence-corrected chi connectivity index (χ2v) is 27.5. The first kappa shape index (κ1) is 87.3. The standard InChI is InChI=1S/C85H156O5/c1-3-5-7-9-11-13-15-17-19-21-23-25-27-29-31-33-35-37-39-41-42-44-46-48-50-52-54-56-58-60-62-64-66-68-70-72-74-76-78-80-85(88)90-83(81-86)82-89-84(87)79-77-75-73-71-69-67-65-63-61-59-57-55-53-51-49-47-45-43-40-38-36-34-32-30-28-26-24-22-20-18-16-14-12-10-8-6-4-2/h5,7,11,13,16-19,22-25,83,86H,3-4,6,8-10,12,14-15,20-21,26-82H2,1-2H3/b7-5-,13-11-,18-16-,19-17-,24-22-,25-23-. The topological polar surface area (TPSA) is 72.8 Å². The molecule has 0 rings (SSSR count). The molecule has 0 saturated heterocycles. The van der Waals surface area contributed by atoms with Crippen LogP contribution in [0.2, 0.25) is 0 Å². The van der Waals surface area contributed by atoms with Crippen molar-refractivity contribution < 1.29 is 24.2 Å². The Morgan fingerprint density at radius 1 is 0.267 bits per heavy atom. The third kappa shape index (κ3) is 77.8. The zero-order chi connectivity index (χ0) is 64.7. The maximum atomic E-state index is 12.4. The molecule has 0 radical (unpaired) electrons. The van der Waals surface area contributed by atoms with Crippen LogP contribution in [-0.4, -0.2) is 36.4 Å². The van der Waals surface area contributed by atoms with Crippen LogP contribution < -0.4 is 0 Å². The van der Waals surface area contributed by atoms with Crippen molar-refractivity contribution in [3.8, 4) is 0 Å². The zero-order valence-corrected chi connectivity index (χ0v) is 60.7.